The van der Waals surface area contributed by atoms with E-state index in [9.17, 15) is 19.8 Å². The average molecular weight is 212 g/mol. The molecule has 4 nitrogen and oxygen atoms in total. The minimum Gasteiger partial charge on any atom is -0.545 e. The molecule has 0 amide bonds. The molecule has 0 radical (unpaired) electrons. The van der Waals surface area contributed by atoms with Crippen molar-refractivity contribution in [1.29, 1.82) is 0 Å². The Morgan fingerprint density at radius 1 is 0.929 bits per heavy atom. The smallest absolute Gasteiger partial charge is 0.545 e. The molecule has 0 N–H and O–H groups in total. The van der Waals surface area contributed by atoms with Gasteiger partial charge in [-0.1, -0.05) is 12.2 Å². The summed E-state index contributed by atoms with van der Waals surface area (Å²) in [6.07, 6.45) is 2.87. The fourth-order valence-corrected chi connectivity index (χ4v) is 0.966. The van der Waals surface area contributed by atoms with Gasteiger partial charge in [0.25, 0.3) is 0 Å². The van der Waals surface area contributed by atoms with Crippen LogP contribution in [0.1, 0.15) is 12.8 Å². The maximum absolute atomic E-state index is 10.3. The quantitative estimate of drug-likeness (QED) is 0.426. The van der Waals surface area contributed by atoms with Crippen molar-refractivity contribution in [3.63, 3.8) is 0 Å². The number of allylic oxidation sites excluding steroid dienone is 2. The first-order valence-corrected chi connectivity index (χ1v) is 3.42. The van der Waals surface area contributed by atoms with E-state index in [1.807, 2.05) is 0 Å². The molecule has 1 rings (SSSR count). The van der Waals surface area contributed by atoms with E-state index in [1.165, 1.54) is 12.2 Å². The summed E-state index contributed by atoms with van der Waals surface area (Å²) < 4.78 is 0. The van der Waals surface area contributed by atoms with Crippen molar-refractivity contribution < 1.29 is 78.9 Å². The second-order valence-electron chi connectivity index (χ2n) is 2.44. The first-order valence-electron chi connectivity index (χ1n) is 3.42. The number of hydrogen-bond acceptors (Lipinski definition) is 4. The zero-order valence-electron chi connectivity index (χ0n) is 8.20. The molecule has 0 heterocycles. The summed E-state index contributed by atoms with van der Waals surface area (Å²) in [5.74, 6) is -2.49. The monoisotopic (exact) mass is 212 g/mol. The van der Waals surface area contributed by atoms with E-state index in [2.05, 4.69) is 0 Å². The molecular weight excluding hydrogens is 206 g/mol. The Hall–Kier alpha value is 0.420. The number of aliphatic carboxylic acids is 2. The molecule has 0 bridgehead atoms. The molecule has 64 valence electrons. The van der Waals surface area contributed by atoms with E-state index < -0.39 is 11.9 Å². The maximum atomic E-state index is 10.3. The molecule has 0 spiro atoms. The number of carbonyl (C=O) groups is 2. The van der Waals surface area contributed by atoms with Gasteiger partial charge in [0.15, 0.2) is 0 Å². The number of rotatable bonds is 2. The SMILES string of the molecule is O=C([O-])C1=CCC(C(=O)[O-])=CC1.[Na+].[Na+]. The van der Waals surface area contributed by atoms with Crippen molar-refractivity contribution in [2.24, 2.45) is 0 Å². The van der Waals surface area contributed by atoms with Gasteiger partial charge in [-0.15, -0.1) is 0 Å². The van der Waals surface area contributed by atoms with Crippen LogP contribution in [0.5, 0.6) is 0 Å². The Bertz CT molecular complexity index is 264. The van der Waals surface area contributed by atoms with E-state index in [4.69, 9.17) is 0 Å². The average Bonchev–Trinajstić information content (AvgIpc) is 2.04. The van der Waals surface area contributed by atoms with Gasteiger partial charge in [0.2, 0.25) is 0 Å². The Kier molecular flexibility index (Phi) is 9.23. The zero-order valence-corrected chi connectivity index (χ0v) is 12.2. The first-order chi connectivity index (χ1) is 5.61. The molecule has 0 fully saturated rings. The zero-order chi connectivity index (χ0) is 9.14. The predicted molar refractivity (Wildman–Crippen MR) is 35.4 cm³/mol. The summed E-state index contributed by atoms with van der Waals surface area (Å²) in [5.41, 5.74) is 0.250. The van der Waals surface area contributed by atoms with Crippen molar-refractivity contribution in [1.82, 2.24) is 0 Å². The van der Waals surface area contributed by atoms with Crippen LogP contribution in [0.25, 0.3) is 0 Å². The Morgan fingerprint density at radius 2 is 1.21 bits per heavy atom. The number of carboxylic acid groups (broad SMARTS) is 2. The Morgan fingerprint density at radius 3 is 1.36 bits per heavy atom. The van der Waals surface area contributed by atoms with Gasteiger partial charge in [-0.05, 0) is 24.0 Å². The summed E-state index contributed by atoms with van der Waals surface area (Å²) in [7, 11) is 0. The molecule has 0 saturated carbocycles. The summed E-state index contributed by atoms with van der Waals surface area (Å²) in [5, 5.41) is 20.5. The van der Waals surface area contributed by atoms with E-state index >= 15 is 0 Å². The molecule has 0 aromatic carbocycles. The Labute approximate surface area is 126 Å². The molecular formula is C8H6Na2O4. The molecule has 0 aromatic heterocycles. The van der Waals surface area contributed by atoms with Crippen LogP contribution in [0, 0.1) is 0 Å². The minimum absolute atomic E-state index is 0. The van der Waals surface area contributed by atoms with Crippen LogP contribution >= 0.6 is 0 Å². The second kappa shape index (κ2) is 7.68. The first kappa shape index (κ1) is 16.8. The van der Waals surface area contributed by atoms with Crippen LogP contribution in [-0.2, 0) is 9.59 Å². The molecule has 14 heavy (non-hydrogen) atoms. The Balaban J connectivity index is 0. The standard InChI is InChI=1S/C8H8O4.2Na/c9-7(10)5-1-2-6(4-3-5)8(11)12;;/h1,4H,2-3H2,(H,9,10)(H,11,12);;/q;2*+1/p-2. The molecule has 0 atom stereocenters. The number of carbonyl (C=O) groups excluding carboxylic acids is 2. The van der Waals surface area contributed by atoms with E-state index in [0.29, 0.717) is 0 Å². The summed E-state index contributed by atoms with van der Waals surface area (Å²) >= 11 is 0. The second-order valence-corrected chi connectivity index (χ2v) is 2.44. The van der Waals surface area contributed by atoms with Gasteiger partial charge in [0.05, 0.1) is 11.9 Å². The third kappa shape index (κ3) is 4.77. The third-order valence-electron chi connectivity index (χ3n) is 1.66. The summed E-state index contributed by atoms with van der Waals surface area (Å²) in [6, 6.07) is 0. The van der Waals surface area contributed by atoms with Gasteiger partial charge in [-0.3, -0.25) is 0 Å². The number of hydrogen-bond donors (Lipinski definition) is 0. The van der Waals surface area contributed by atoms with Crippen LogP contribution in [0.3, 0.4) is 0 Å². The molecule has 1 aliphatic rings. The van der Waals surface area contributed by atoms with Gasteiger partial charge in [-0.2, -0.15) is 0 Å². The largest absolute Gasteiger partial charge is 1.00 e. The van der Waals surface area contributed by atoms with Crippen LogP contribution in [0.2, 0.25) is 0 Å². The van der Waals surface area contributed by atoms with Crippen molar-refractivity contribution >= 4 is 11.9 Å². The summed E-state index contributed by atoms with van der Waals surface area (Å²) in [4.78, 5) is 20.5. The number of carboxylic acids is 2. The molecule has 0 aromatic rings. The molecule has 0 saturated heterocycles. The topological polar surface area (TPSA) is 80.3 Å². The molecule has 6 heteroatoms. The predicted octanol–water partition coefficient (Wildman–Crippen LogP) is -7.86. The van der Waals surface area contributed by atoms with Crippen LogP contribution < -0.4 is 69.3 Å². The van der Waals surface area contributed by atoms with Gasteiger partial charge in [0, 0.05) is 0 Å². The van der Waals surface area contributed by atoms with Gasteiger partial charge < -0.3 is 19.8 Å². The summed E-state index contributed by atoms with van der Waals surface area (Å²) in [6.45, 7) is 0. The van der Waals surface area contributed by atoms with Gasteiger partial charge in [-0.25, -0.2) is 0 Å². The van der Waals surface area contributed by atoms with Crippen molar-refractivity contribution in [2.45, 2.75) is 12.8 Å². The molecule has 0 unspecified atom stereocenters. The molecule has 0 aliphatic heterocycles. The normalized spacial score (nSPS) is 14.0. The van der Waals surface area contributed by atoms with Gasteiger partial charge in [0.1, 0.15) is 0 Å². The maximum Gasteiger partial charge on any atom is 1.00 e. The fourth-order valence-electron chi connectivity index (χ4n) is 0.966. The van der Waals surface area contributed by atoms with Gasteiger partial charge >= 0.3 is 59.1 Å². The van der Waals surface area contributed by atoms with Crippen LogP contribution in [0.4, 0.5) is 0 Å². The van der Waals surface area contributed by atoms with E-state index in [0.717, 1.165) is 0 Å². The molecule has 1 aliphatic carbocycles. The van der Waals surface area contributed by atoms with Crippen LogP contribution in [0.15, 0.2) is 23.3 Å². The third-order valence-corrected chi connectivity index (χ3v) is 1.66. The van der Waals surface area contributed by atoms with E-state index in [-0.39, 0.29) is 83.1 Å². The minimum atomic E-state index is -1.25. The van der Waals surface area contributed by atoms with Crippen molar-refractivity contribution in [3.05, 3.63) is 23.3 Å². The van der Waals surface area contributed by atoms with Crippen molar-refractivity contribution in [2.75, 3.05) is 0 Å². The van der Waals surface area contributed by atoms with Crippen LogP contribution in [-0.4, -0.2) is 11.9 Å². The van der Waals surface area contributed by atoms with E-state index in [1.54, 1.807) is 0 Å². The fraction of sp³-hybridized carbons (Fsp3) is 0.250. The van der Waals surface area contributed by atoms with Crippen molar-refractivity contribution in [3.8, 4) is 0 Å².